The SMILES string of the molecule is CCOC(=O)CN(CC)CCCOc1cccc(C)c1. The summed E-state index contributed by atoms with van der Waals surface area (Å²) in [6.45, 7) is 9.03. The first-order chi connectivity index (χ1) is 9.65. The molecule has 0 bridgehead atoms. The molecule has 4 nitrogen and oxygen atoms in total. The Morgan fingerprint density at radius 1 is 1.30 bits per heavy atom. The monoisotopic (exact) mass is 279 g/mol. The van der Waals surface area contributed by atoms with Gasteiger partial charge in [-0.2, -0.15) is 0 Å². The molecule has 0 amide bonds. The molecule has 1 rings (SSSR count). The summed E-state index contributed by atoms with van der Waals surface area (Å²) >= 11 is 0. The van der Waals surface area contributed by atoms with Crippen molar-refractivity contribution >= 4 is 5.97 Å². The minimum atomic E-state index is -0.158. The molecule has 0 aliphatic carbocycles. The lowest BCUT2D eigenvalue weighted by molar-refractivity contribution is -0.144. The summed E-state index contributed by atoms with van der Waals surface area (Å²) in [5.41, 5.74) is 1.19. The third kappa shape index (κ3) is 6.57. The van der Waals surface area contributed by atoms with E-state index >= 15 is 0 Å². The molecule has 0 fully saturated rings. The first-order valence-electron chi connectivity index (χ1n) is 7.23. The second-order valence-corrected chi connectivity index (χ2v) is 4.69. The fourth-order valence-electron chi connectivity index (χ4n) is 1.92. The number of rotatable bonds is 9. The Morgan fingerprint density at radius 3 is 2.75 bits per heavy atom. The zero-order chi connectivity index (χ0) is 14.8. The molecule has 0 spiro atoms. The first kappa shape index (κ1) is 16.5. The van der Waals surface area contributed by atoms with E-state index in [1.54, 1.807) is 0 Å². The van der Waals surface area contributed by atoms with E-state index in [1.807, 2.05) is 45.0 Å². The van der Waals surface area contributed by atoms with Gasteiger partial charge in [-0.05, 0) is 44.5 Å². The van der Waals surface area contributed by atoms with Crippen molar-refractivity contribution in [2.45, 2.75) is 27.2 Å². The van der Waals surface area contributed by atoms with E-state index in [0.717, 1.165) is 25.3 Å². The topological polar surface area (TPSA) is 38.8 Å². The molecule has 0 saturated carbocycles. The molecule has 0 aliphatic heterocycles. The zero-order valence-corrected chi connectivity index (χ0v) is 12.7. The number of hydrogen-bond acceptors (Lipinski definition) is 4. The van der Waals surface area contributed by atoms with Crippen molar-refractivity contribution in [3.05, 3.63) is 29.8 Å². The largest absolute Gasteiger partial charge is 0.494 e. The molecule has 0 unspecified atom stereocenters. The van der Waals surface area contributed by atoms with E-state index in [1.165, 1.54) is 5.56 Å². The lowest BCUT2D eigenvalue weighted by Gasteiger charge is -2.19. The van der Waals surface area contributed by atoms with E-state index in [2.05, 4.69) is 4.90 Å². The summed E-state index contributed by atoms with van der Waals surface area (Å²) < 4.78 is 10.6. The van der Waals surface area contributed by atoms with Crippen LogP contribution in [0.15, 0.2) is 24.3 Å². The highest BCUT2D eigenvalue weighted by Gasteiger charge is 2.09. The third-order valence-electron chi connectivity index (χ3n) is 2.98. The second-order valence-electron chi connectivity index (χ2n) is 4.69. The molecule has 0 heterocycles. The minimum absolute atomic E-state index is 0.158. The predicted octanol–water partition coefficient (Wildman–Crippen LogP) is 2.65. The molecule has 0 aromatic heterocycles. The van der Waals surface area contributed by atoms with Gasteiger partial charge in [0.15, 0.2) is 0 Å². The number of ether oxygens (including phenoxy) is 2. The molecule has 0 atom stereocenters. The van der Waals surface area contributed by atoms with Gasteiger partial charge >= 0.3 is 5.97 Å². The van der Waals surface area contributed by atoms with Crippen LogP contribution in [0.3, 0.4) is 0 Å². The highest BCUT2D eigenvalue weighted by molar-refractivity contribution is 5.71. The summed E-state index contributed by atoms with van der Waals surface area (Å²) in [6.07, 6.45) is 0.890. The highest BCUT2D eigenvalue weighted by atomic mass is 16.5. The van der Waals surface area contributed by atoms with Gasteiger partial charge in [0, 0.05) is 6.54 Å². The number of carbonyl (C=O) groups excluding carboxylic acids is 1. The summed E-state index contributed by atoms with van der Waals surface area (Å²) in [6, 6.07) is 8.02. The van der Waals surface area contributed by atoms with Crippen LogP contribution in [0, 0.1) is 6.92 Å². The van der Waals surface area contributed by atoms with E-state index in [4.69, 9.17) is 9.47 Å². The fourth-order valence-corrected chi connectivity index (χ4v) is 1.92. The van der Waals surface area contributed by atoms with Crippen LogP contribution in [0.25, 0.3) is 0 Å². The normalized spacial score (nSPS) is 10.6. The van der Waals surface area contributed by atoms with Crippen molar-refractivity contribution in [1.29, 1.82) is 0 Å². The van der Waals surface area contributed by atoms with Gasteiger partial charge < -0.3 is 9.47 Å². The van der Waals surface area contributed by atoms with Gasteiger partial charge in [0.25, 0.3) is 0 Å². The van der Waals surface area contributed by atoms with Crippen LogP contribution in [0.5, 0.6) is 5.75 Å². The van der Waals surface area contributed by atoms with Crippen LogP contribution in [0.2, 0.25) is 0 Å². The number of benzene rings is 1. The van der Waals surface area contributed by atoms with Gasteiger partial charge in [-0.3, -0.25) is 9.69 Å². The zero-order valence-electron chi connectivity index (χ0n) is 12.7. The molecule has 1 aromatic rings. The number of hydrogen-bond donors (Lipinski definition) is 0. The lowest BCUT2D eigenvalue weighted by Crippen LogP contribution is -2.32. The van der Waals surface area contributed by atoms with Crippen LogP contribution >= 0.6 is 0 Å². The van der Waals surface area contributed by atoms with E-state index in [-0.39, 0.29) is 5.97 Å². The molecular weight excluding hydrogens is 254 g/mol. The molecule has 0 saturated heterocycles. The molecular formula is C16H25NO3. The molecule has 0 radical (unpaired) electrons. The van der Waals surface area contributed by atoms with Crippen LogP contribution < -0.4 is 4.74 Å². The molecule has 0 aliphatic rings. The van der Waals surface area contributed by atoms with Crippen molar-refractivity contribution in [2.24, 2.45) is 0 Å². The average molecular weight is 279 g/mol. The first-order valence-corrected chi connectivity index (χ1v) is 7.23. The van der Waals surface area contributed by atoms with Crippen molar-refractivity contribution in [3.63, 3.8) is 0 Å². The Hall–Kier alpha value is -1.55. The van der Waals surface area contributed by atoms with Crippen molar-refractivity contribution in [1.82, 2.24) is 4.90 Å². The van der Waals surface area contributed by atoms with E-state index in [9.17, 15) is 4.79 Å². The number of nitrogens with zero attached hydrogens (tertiary/aromatic N) is 1. The maximum absolute atomic E-state index is 11.4. The van der Waals surface area contributed by atoms with Crippen LogP contribution in [0.4, 0.5) is 0 Å². The standard InChI is InChI=1S/C16H25NO3/c1-4-17(13-16(18)19-5-2)10-7-11-20-15-9-6-8-14(3)12-15/h6,8-9,12H,4-5,7,10-11,13H2,1-3H3. The van der Waals surface area contributed by atoms with Crippen molar-refractivity contribution < 1.29 is 14.3 Å². The Kier molecular flexibility index (Phi) is 7.73. The molecule has 0 N–H and O–H groups in total. The Morgan fingerprint density at radius 2 is 2.10 bits per heavy atom. The number of carbonyl (C=O) groups is 1. The number of aryl methyl sites for hydroxylation is 1. The van der Waals surface area contributed by atoms with Crippen molar-refractivity contribution in [3.8, 4) is 5.75 Å². The average Bonchev–Trinajstić information content (AvgIpc) is 2.42. The van der Waals surface area contributed by atoms with Gasteiger partial charge in [0.05, 0.1) is 19.8 Å². The van der Waals surface area contributed by atoms with E-state index < -0.39 is 0 Å². The summed E-state index contributed by atoms with van der Waals surface area (Å²) in [5, 5.41) is 0. The predicted molar refractivity (Wildman–Crippen MR) is 80.0 cm³/mol. The summed E-state index contributed by atoms with van der Waals surface area (Å²) in [4.78, 5) is 13.5. The highest BCUT2D eigenvalue weighted by Crippen LogP contribution is 2.12. The molecule has 1 aromatic carbocycles. The summed E-state index contributed by atoms with van der Waals surface area (Å²) in [7, 11) is 0. The molecule has 4 heteroatoms. The second kappa shape index (κ2) is 9.37. The lowest BCUT2D eigenvalue weighted by atomic mass is 10.2. The van der Waals surface area contributed by atoms with Gasteiger partial charge in [-0.15, -0.1) is 0 Å². The Balaban J connectivity index is 2.23. The molecule has 112 valence electrons. The van der Waals surface area contributed by atoms with Crippen LogP contribution in [-0.4, -0.2) is 43.7 Å². The Labute approximate surface area is 121 Å². The van der Waals surface area contributed by atoms with Crippen LogP contribution in [0.1, 0.15) is 25.8 Å². The number of esters is 1. The van der Waals surface area contributed by atoms with Gasteiger partial charge in [-0.25, -0.2) is 0 Å². The maximum Gasteiger partial charge on any atom is 0.320 e. The van der Waals surface area contributed by atoms with Gasteiger partial charge in [0.2, 0.25) is 0 Å². The maximum atomic E-state index is 11.4. The molecule has 20 heavy (non-hydrogen) atoms. The van der Waals surface area contributed by atoms with E-state index in [0.29, 0.717) is 19.8 Å². The van der Waals surface area contributed by atoms with Crippen LogP contribution in [-0.2, 0) is 9.53 Å². The summed E-state index contributed by atoms with van der Waals surface area (Å²) in [5.74, 6) is 0.743. The van der Waals surface area contributed by atoms with Gasteiger partial charge in [0.1, 0.15) is 5.75 Å². The van der Waals surface area contributed by atoms with Gasteiger partial charge in [-0.1, -0.05) is 19.1 Å². The Bertz CT molecular complexity index is 406. The van der Waals surface area contributed by atoms with Crippen molar-refractivity contribution in [2.75, 3.05) is 32.8 Å². The smallest absolute Gasteiger partial charge is 0.320 e. The minimum Gasteiger partial charge on any atom is -0.494 e. The fraction of sp³-hybridized carbons (Fsp3) is 0.562. The quantitative estimate of drug-likeness (QED) is 0.514. The number of likely N-dealkylation sites (N-methyl/N-ethyl adjacent to an activating group) is 1. The third-order valence-corrected chi connectivity index (χ3v) is 2.98.